The SMILES string of the molecule is CCN(CC)CC(O)CNC1CC2CCC1O2. The van der Waals surface area contributed by atoms with Crippen molar-refractivity contribution in [3.05, 3.63) is 0 Å². The van der Waals surface area contributed by atoms with Crippen LogP contribution in [0.15, 0.2) is 0 Å². The van der Waals surface area contributed by atoms with Crippen LogP contribution in [-0.4, -0.2) is 60.5 Å². The van der Waals surface area contributed by atoms with E-state index in [0.717, 1.165) is 26.1 Å². The summed E-state index contributed by atoms with van der Waals surface area (Å²) in [5, 5.41) is 13.4. The van der Waals surface area contributed by atoms with Gasteiger partial charge in [-0.1, -0.05) is 13.8 Å². The number of hydrogen-bond donors (Lipinski definition) is 2. The summed E-state index contributed by atoms with van der Waals surface area (Å²) < 4.78 is 5.79. The van der Waals surface area contributed by atoms with E-state index in [4.69, 9.17) is 4.74 Å². The fourth-order valence-electron chi connectivity index (χ4n) is 2.98. The summed E-state index contributed by atoms with van der Waals surface area (Å²) >= 11 is 0. The summed E-state index contributed by atoms with van der Waals surface area (Å²) in [5.74, 6) is 0. The number of nitrogens with one attached hydrogen (secondary N) is 1. The number of aliphatic hydroxyl groups excluding tert-OH is 1. The highest BCUT2D eigenvalue weighted by Crippen LogP contribution is 2.34. The first kappa shape index (κ1) is 13.3. The maximum atomic E-state index is 9.97. The molecule has 0 aromatic heterocycles. The standard InChI is InChI=1S/C13H26N2O2/c1-3-15(4-2)9-10(16)8-14-12-7-11-5-6-13(12)17-11/h10-14,16H,3-9H2,1-2H3. The van der Waals surface area contributed by atoms with Crippen molar-refractivity contribution >= 4 is 0 Å². The normalized spacial score (nSPS) is 33.5. The van der Waals surface area contributed by atoms with Crippen molar-refractivity contribution in [2.75, 3.05) is 26.2 Å². The molecule has 4 unspecified atom stereocenters. The molecule has 4 heteroatoms. The Labute approximate surface area is 104 Å². The topological polar surface area (TPSA) is 44.7 Å². The molecule has 0 aromatic rings. The fraction of sp³-hybridized carbons (Fsp3) is 1.00. The van der Waals surface area contributed by atoms with E-state index < -0.39 is 0 Å². The lowest BCUT2D eigenvalue weighted by Crippen LogP contribution is -2.44. The van der Waals surface area contributed by atoms with Crippen molar-refractivity contribution in [2.24, 2.45) is 0 Å². The van der Waals surface area contributed by atoms with Gasteiger partial charge in [0.15, 0.2) is 0 Å². The molecule has 0 radical (unpaired) electrons. The molecule has 2 heterocycles. The minimum atomic E-state index is -0.269. The number of hydrogen-bond acceptors (Lipinski definition) is 4. The molecule has 4 nitrogen and oxygen atoms in total. The van der Waals surface area contributed by atoms with Crippen LogP contribution >= 0.6 is 0 Å². The van der Waals surface area contributed by atoms with E-state index >= 15 is 0 Å². The first-order valence-electron chi connectivity index (χ1n) is 7.02. The fourth-order valence-corrected chi connectivity index (χ4v) is 2.98. The van der Waals surface area contributed by atoms with Crippen LogP contribution in [0, 0.1) is 0 Å². The summed E-state index contributed by atoms with van der Waals surface area (Å²) in [5.41, 5.74) is 0. The van der Waals surface area contributed by atoms with Crippen LogP contribution < -0.4 is 5.32 Å². The van der Waals surface area contributed by atoms with Crippen molar-refractivity contribution in [1.29, 1.82) is 0 Å². The predicted octanol–water partition coefficient (Wildman–Crippen LogP) is 0.599. The third-order valence-electron chi connectivity index (χ3n) is 4.09. The Morgan fingerprint density at radius 2 is 2.12 bits per heavy atom. The lowest BCUT2D eigenvalue weighted by atomic mass is 9.95. The molecule has 2 saturated heterocycles. The minimum absolute atomic E-state index is 0.269. The van der Waals surface area contributed by atoms with Gasteiger partial charge in [0.05, 0.1) is 18.3 Å². The van der Waals surface area contributed by atoms with Crippen LogP contribution in [0.1, 0.15) is 33.1 Å². The van der Waals surface area contributed by atoms with E-state index in [1.54, 1.807) is 0 Å². The van der Waals surface area contributed by atoms with Gasteiger partial charge < -0.3 is 20.1 Å². The second-order valence-electron chi connectivity index (χ2n) is 5.26. The quantitative estimate of drug-likeness (QED) is 0.686. The van der Waals surface area contributed by atoms with E-state index in [-0.39, 0.29) is 6.10 Å². The highest BCUT2D eigenvalue weighted by Gasteiger charge is 2.40. The molecule has 2 aliphatic rings. The van der Waals surface area contributed by atoms with Crippen molar-refractivity contribution in [3.63, 3.8) is 0 Å². The van der Waals surface area contributed by atoms with Gasteiger partial charge in [0.1, 0.15) is 0 Å². The number of nitrogens with zero attached hydrogens (tertiary/aromatic N) is 1. The molecule has 100 valence electrons. The Bertz CT molecular complexity index is 233. The number of rotatable bonds is 7. The van der Waals surface area contributed by atoms with Gasteiger partial charge in [0, 0.05) is 19.1 Å². The third kappa shape index (κ3) is 3.41. The maximum Gasteiger partial charge on any atom is 0.0791 e. The Morgan fingerprint density at radius 3 is 2.65 bits per heavy atom. The van der Waals surface area contributed by atoms with Gasteiger partial charge in [0.25, 0.3) is 0 Å². The largest absolute Gasteiger partial charge is 0.390 e. The molecule has 0 amide bonds. The summed E-state index contributed by atoms with van der Waals surface area (Å²) in [6, 6.07) is 0.472. The molecular weight excluding hydrogens is 216 g/mol. The van der Waals surface area contributed by atoms with Gasteiger partial charge in [-0.25, -0.2) is 0 Å². The van der Waals surface area contributed by atoms with Gasteiger partial charge in [0.2, 0.25) is 0 Å². The first-order chi connectivity index (χ1) is 8.22. The van der Waals surface area contributed by atoms with Crippen LogP contribution in [-0.2, 0) is 4.74 Å². The molecule has 2 N–H and O–H groups in total. The zero-order chi connectivity index (χ0) is 12.3. The zero-order valence-corrected chi connectivity index (χ0v) is 11.1. The monoisotopic (exact) mass is 242 g/mol. The second kappa shape index (κ2) is 6.14. The molecular formula is C13H26N2O2. The van der Waals surface area contributed by atoms with E-state index in [1.807, 2.05) is 0 Å². The lowest BCUT2D eigenvalue weighted by molar-refractivity contribution is 0.0889. The van der Waals surface area contributed by atoms with E-state index in [9.17, 15) is 5.11 Å². The zero-order valence-electron chi connectivity index (χ0n) is 11.1. The molecule has 0 spiro atoms. The van der Waals surface area contributed by atoms with Crippen LogP contribution in [0.4, 0.5) is 0 Å². The highest BCUT2D eigenvalue weighted by molar-refractivity contribution is 4.94. The van der Waals surface area contributed by atoms with Gasteiger partial charge in [-0.15, -0.1) is 0 Å². The molecule has 0 aliphatic carbocycles. The average Bonchev–Trinajstić information content (AvgIpc) is 2.95. The van der Waals surface area contributed by atoms with Crippen LogP contribution in [0.3, 0.4) is 0 Å². The van der Waals surface area contributed by atoms with E-state index in [1.165, 1.54) is 12.8 Å². The highest BCUT2D eigenvalue weighted by atomic mass is 16.5. The van der Waals surface area contributed by atoms with Gasteiger partial charge in [-0.05, 0) is 32.4 Å². The first-order valence-corrected chi connectivity index (χ1v) is 7.02. The summed E-state index contributed by atoms with van der Waals surface area (Å²) in [7, 11) is 0. The summed E-state index contributed by atoms with van der Waals surface area (Å²) in [6.07, 6.45) is 4.16. The van der Waals surface area contributed by atoms with Gasteiger partial charge in [-0.2, -0.15) is 0 Å². The smallest absolute Gasteiger partial charge is 0.0791 e. The molecule has 0 aromatic carbocycles. The average molecular weight is 242 g/mol. The molecule has 17 heavy (non-hydrogen) atoms. The number of ether oxygens (including phenoxy) is 1. The van der Waals surface area contributed by atoms with Crippen LogP contribution in [0.2, 0.25) is 0 Å². The molecule has 2 fully saturated rings. The Hall–Kier alpha value is -0.160. The molecule has 4 atom stereocenters. The maximum absolute atomic E-state index is 9.97. The van der Waals surface area contributed by atoms with Gasteiger partial charge in [-0.3, -0.25) is 0 Å². The van der Waals surface area contributed by atoms with Crippen molar-refractivity contribution in [3.8, 4) is 0 Å². The number of fused-ring (bicyclic) bond motifs is 2. The van der Waals surface area contributed by atoms with Crippen molar-refractivity contribution in [2.45, 2.75) is 57.5 Å². The third-order valence-corrected chi connectivity index (χ3v) is 4.09. The lowest BCUT2D eigenvalue weighted by Gasteiger charge is -2.25. The van der Waals surface area contributed by atoms with Gasteiger partial charge >= 0.3 is 0 Å². The number of aliphatic hydroxyl groups is 1. The van der Waals surface area contributed by atoms with Crippen molar-refractivity contribution < 1.29 is 9.84 Å². The van der Waals surface area contributed by atoms with E-state index in [2.05, 4.69) is 24.1 Å². The molecule has 2 bridgehead atoms. The predicted molar refractivity (Wildman–Crippen MR) is 68.1 cm³/mol. The summed E-state index contributed by atoms with van der Waals surface area (Å²) in [6.45, 7) is 7.73. The Kier molecular flexibility index (Phi) is 4.79. The minimum Gasteiger partial charge on any atom is -0.390 e. The Morgan fingerprint density at radius 1 is 1.35 bits per heavy atom. The van der Waals surface area contributed by atoms with Crippen molar-refractivity contribution in [1.82, 2.24) is 10.2 Å². The number of likely N-dealkylation sites (N-methyl/N-ethyl adjacent to an activating group) is 1. The van der Waals surface area contributed by atoms with E-state index in [0.29, 0.717) is 24.8 Å². The second-order valence-corrected chi connectivity index (χ2v) is 5.26. The molecule has 2 rings (SSSR count). The van der Waals surface area contributed by atoms with Crippen LogP contribution in [0.25, 0.3) is 0 Å². The van der Waals surface area contributed by atoms with Crippen LogP contribution in [0.5, 0.6) is 0 Å². The molecule has 0 saturated carbocycles. The summed E-state index contributed by atoms with van der Waals surface area (Å²) in [4.78, 5) is 2.25. The molecule has 2 aliphatic heterocycles. The Balaban J connectivity index is 1.64.